The van der Waals surface area contributed by atoms with E-state index in [1.54, 1.807) is 21.3 Å². The summed E-state index contributed by atoms with van der Waals surface area (Å²) in [6.45, 7) is 4.10. The monoisotopic (exact) mass is 355 g/mol. The van der Waals surface area contributed by atoms with Gasteiger partial charge < -0.3 is 19.3 Å². The molecule has 0 saturated heterocycles. The Kier molecular flexibility index (Phi) is 4.19. The first-order valence-electron chi connectivity index (χ1n) is 8.96. The van der Waals surface area contributed by atoms with E-state index in [1.807, 2.05) is 18.2 Å². The second-order valence-electron chi connectivity index (χ2n) is 7.05. The Hall–Kier alpha value is -2.40. The number of fused-ring (bicyclic) bond motifs is 4. The van der Waals surface area contributed by atoms with Crippen LogP contribution in [-0.4, -0.2) is 37.9 Å². The maximum Gasteiger partial charge on any atom is 0.164 e. The van der Waals surface area contributed by atoms with Crippen molar-refractivity contribution >= 4 is 0 Å². The highest BCUT2D eigenvalue weighted by atomic mass is 16.5. The van der Waals surface area contributed by atoms with Gasteiger partial charge in [0.2, 0.25) is 0 Å². The molecule has 5 nitrogen and oxygen atoms in total. The molecule has 26 heavy (non-hydrogen) atoms. The van der Waals surface area contributed by atoms with Crippen LogP contribution >= 0.6 is 0 Å². The van der Waals surface area contributed by atoms with Gasteiger partial charge in [-0.25, -0.2) is 0 Å². The van der Waals surface area contributed by atoms with Crippen molar-refractivity contribution in [1.82, 2.24) is 4.90 Å². The number of rotatable bonds is 3. The van der Waals surface area contributed by atoms with Crippen molar-refractivity contribution in [1.29, 1.82) is 0 Å². The number of hydrogen-bond acceptors (Lipinski definition) is 5. The molecule has 2 aliphatic heterocycles. The van der Waals surface area contributed by atoms with Crippen LogP contribution in [0, 0.1) is 0 Å². The van der Waals surface area contributed by atoms with Crippen LogP contribution in [0.25, 0.3) is 0 Å². The normalized spacial score (nSPS) is 21.4. The van der Waals surface area contributed by atoms with Gasteiger partial charge in [0.05, 0.1) is 21.3 Å². The Morgan fingerprint density at radius 3 is 2.46 bits per heavy atom. The van der Waals surface area contributed by atoms with E-state index in [1.165, 1.54) is 22.3 Å². The third kappa shape index (κ3) is 2.42. The topological polar surface area (TPSA) is 51.2 Å². The third-order valence-corrected chi connectivity index (χ3v) is 5.80. The standard InChI is InChI=1S/C21H25NO4/c1-12-19-14(5-6-17(24-2)21(19)26-4)11-22-8-7-13-9-16(23)18(25-3)10-15(13)20(12)22/h5-6,9-10,12,20,23H,7-8,11H2,1-4H3/t12-,20?/m0/s1. The van der Waals surface area contributed by atoms with E-state index in [2.05, 4.69) is 17.9 Å². The van der Waals surface area contributed by atoms with Gasteiger partial charge in [-0.2, -0.15) is 0 Å². The zero-order valence-corrected chi connectivity index (χ0v) is 15.7. The van der Waals surface area contributed by atoms with Crippen LogP contribution in [0.4, 0.5) is 0 Å². The van der Waals surface area contributed by atoms with Crippen molar-refractivity contribution in [3.05, 3.63) is 46.5 Å². The van der Waals surface area contributed by atoms with Crippen LogP contribution in [0.2, 0.25) is 0 Å². The highest BCUT2D eigenvalue weighted by Gasteiger charge is 2.39. The highest BCUT2D eigenvalue weighted by molar-refractivity contribution is 5.56. The van der Waals surface area contributed by atoms with E-state index in [9.17, 15) is 5.11 Å². The first-order valence-corrected chi connectivity index (χ1v) is 8.96. The van der Waals surface area contributed by atoms with Crippen LogP contribution in [0.15, 0.2) is 24.3 Å². The van der Waals surface area contributed by atoms with Crippen LogP contribution in [0.5, 0.6) is 23.0 Å². The molecule has 2 aliphatic rings. The second kappa shape index (κ2) is 6.40. The lowest BCUT2D eigenvalue weighted by Gasteiger charge is -2.45. The lowest BCUT2D eigenvalue weighted by Crippen LogP contribution is -2.41. The summed E-state index contributed by atoms with van der Waals surface area (Å²) in [5, 5.41) is 10.2. The van der Waals surface area contributed by atoms with Crippen molar-refractivity contribution in [2.45, 2.75) is 31.8 Å². The Labute approximate surface area is 154 Å². The smallest absolute Gasteiger partial charge is 0.164 e. The summed E-state index contributed by atoms with van der Waals surface area (Å²) in [5.41, 5.74) is 4.93. The minimum absolute atomic E-state index is 0.211. The summed E-state index contributed by atoms with van der Waals surface area (Å²) < 4.78 is 16.6. The second-order valence-corrected chi connectivity index (χ2v) is 7.05. The zero-order chi connectivity index (χ0) is 18.4. The van der Waals surface area contributed by atoms with E-state index in [0.717, 1.165) is 31.0 Å². The molecular weight excluding hydrogens is 330 g/mol. The third-order valence-electron chi connectivity index (χ3n) is 5.80. The quantitative estimate of drug-likeness (QED) is 0.911. The molecule has 0 spiro atoms. The number of benzene rings is 2. The fraction of sp³-hybridized carbons (Fsp3) is 0.429. The van der Waals surface area contributed by atoms with Gasteiger partial charge in [0.15, 0.2) is 23.0 Å². The largest absolute Gasteiger partial charge is 0.504 e. The molecule has 0 aromatic heterocycles. The van der Waals surface area contributed by atoms with E-state index in [4.69, 9.17) is 14.2 Å². The number of phenolic OH excluding ortho intramolecular Hbond substituents is 1. The number of phenols is 1. The average molecular weight is 355 g/mol. The van der Waals surface area contributed by atoms with Crippen molar-refractivity contribution < 1.29 is 19.3 Å². The number of aromatic hydroxyl groups is 1. The van der Waals surface area contributed by atoms with Crippen LogP contribution in [0.1, 0.15) is 41.1 Å². The van der Waals surface area contributed by atoms with Crippen LogP contribution in [-0.2, 0) is 13.0 Å². The predicted octanol–water partition coefficient (Wildman–Crippen LogP) is 3.63. The number of methoxy groups -OCH3 is 3. The van der Waals surface area contributed by atoms with Gasteiger partial charge in [-0.15, -0.1) is 0 Å². The van der Waals surface area contributed by atoms with Gasteiger partial charge in [-0.3, -0.25) is 4.90 Å². The van der Waals surface area contributed by atoms with E-state index in [0.29, 0.717) is 5.75 Å². The van der Waals surface area contributed by atoms with Gasteiger partial charge in [0, 0.05) is 30.6 Å². The average Bonchev–Trinajstić information content (AvgIpc) is 2.66. The van der Waals surface area contributed by atoms with Crippen molar-refractivity contribution in [3.8, 4) is 23.0 Å². The van der Waals surface area contributed by atoms with Crippen molar-refractivity contribution in [3.63, 3.8) is 0 Å². The number of hydrogen-bond donors (Lipinski definition) is 1. The van der Waals surface area contributed by atoms with Gasteiger partial charge in [-0.1, -0.05) is 13.0 Å². The molecule has 2 aromatic carbocycles. The van der Waals surface area contributed by atoms with Crippen molar-refractivity contribution in [2.75, 3.05) is 27.9 Å². The molecular formula is C21H25NO4. The Balaban J connectivity index is 1.86. The molecule has 4 rings (SSSR count). The molecule has 2 heterocycles. The van der Waals surface area contributed by atoms with E-state index in [-0.39, 0.29) is 17.7 Å². The first-order chi connectivity index (χ1) is 12.6. The van der Waals surface area contributed by atoms with E-state index < -0.39 is 0 Å². The molecule has 2 aromatic rings. The molecule has 5 heteroatoms. The fourth-order valence-electron chi connectivity index (χ4n) is 4.65. The molecule has 0 saturated carbocycles. The maximum absolute atomic E-state index is 10.2. The molecule has 0 fully saturated rings. The summed E-state index contributed by atoms with van der Waals surface area (Å²) in [6, 6.07) is 8.22. The van der Waals surface area contributed by atoms with Gasteiger partial charge in [0.1, 0.15) is 0 Å². The summed E-state index contributed by atoms with van der Waals surface area (Å²) in [4.78, 5) is 2.51. The molecule has 138 valence electrons. The molecule has 2 atom stereocenters. The molecule has 1 N–H and O–H groups in total. The summed E-state index contributed by atoms with van der Waals surface area (Å²) in [7, 11) is 4.97. The van der Waals surface area contributed by atoms with Gasteiger partial charge in [0.25, 0.3) is 0 Å². The summed E-state index contributed by atoms with van der Waals surface area (Å²) >= 11 is 0. The molecule has 1 unspecified atom stereocenters. The Bertz CT molecular complexity index is 848. The minimum atomic E-state index is 0.211. The maximum atomic E-state index is 10.2. The summed E-state index contributed by atoms with van der Waals surface area (Å²) in [5.74, 6) is 2.57. The summed E-state index contributed by atoms with van der Waals surface area (Å²) in [6.07, 6.45) is 0.929. The van der Waals surface area contributed by atoms with Gasteiger partial charge in [-0.05, 0) is 41.3 Å². The zero-order valence-electron chi connectivity index (χ0n) is 15.7. The molecule has 0 amide bonds. The molecule has 0 radical (unpaired) electrons. The molecule has 0 bridgehead atoms. The van der Waals surface area contributed by atoms with Crippen LogP contribution in [0.3, 0.4) is 0 Å². The SMILES string of the molecule is COc1cc2c(cc1O)CCN1Cc3ccc(OC)c(OC)c3[C@H](C)C21. The fourth-order valence-corrected chi connectivity index (χ4v) is 4.65. The minimum Gasteiger partial charge on any atom is -0.504 e. The predicted molar refractivity (Wildman–Crippen MR) is 99.5 cm³/mol. The Morgan fingerprint density at radius 1 is 1.00 bits per heavy atom. The first kappa shape index (κ1) is 17.0. The number of nitrogens with zero attached hydrogens (tertiary/aromatic N) is 1. The van der Waals surface area contributed by atoms with E-state index >= 15 is 0 Å². The van der Waals surface area contributed by atoms with Gasteiger partial charge >= 0.3 is 0 Å². The lowest BCUT2D eigenvalue weighted by molar-refractivity contribution is 0.136. The van der Waals surface area contributed by atoms with Crippen molar-refractivity contribution in [2.24, 2.45) is 0 Å². The highest BCUT2D eigenvalue weighted by Crippen LogP contribution is 2.51. The Morgan fingerprint density at radius 2 is 1.77 bits per heavy atom. The lowest BCUT2D eigenvalue weighted by atomic mass is 9.77. The van der Waals surface area contributed by atoms with Crippen LogP contribution < -0.4 is 14.2 Å². The molecule has 0 aliphatic carbocycles. The number of ether oxygens (including phenoxy) is 3.